The van der Waals surface area contributed by atoms with Crippen molar-refractivity contribution < 1.29 is 22.7 Å². The van der Waals surface area contributed by atoms with Gasteiger partial charge in [-0.25, -0.2) is 22.9 Å². The van der Waals surface area contributed by atoms with Crippen LogP contribution < -0.4 is 0 Å². The van der Waals surface area contributed by atoms with Crippen molar-refractivity contribution in [3.8, 4) is 22.4 Å². The molecule has 3 aromatic rings. The van der Waals surface area contributed by atoms with Crippen molar-refractivity contribution in [3.05, 3.63) is 65.9 Å². The number of hydrogen-bond acceptors (Lipinski definition) is 5. The normalized spacial score (nSPS) is 10.6. The molecule has 2 aromatic heterocycles. The van der Waals surface area contributed by atoms with Crippen molar-refractivity contribution in [1.82, 2.24) is 15.2 Å². The fraction of sp³-hybridized carbons (Fsp3) is 0.0588. The topological polar surface area (TPSA) is 65.0 Å². The van der Waals surface area contributed by atoms with Gasteiger partial charge in [0.05, 0.1) is 25.1 Å². The molecule has 25 heavy (non-hydrogen) atoms. The fourth-order valence-electron chi connectivity index (χ4n) is 2.26. The van der Waals surface area contributed by atoms with Crippen molar-refractivity contribution in [3.63, 3.8) is 0 Å². The number of rotatable bonds is 3. The van der Waals surface area contributed by atoms with Crippen LogP contribution in [0.4, 0.5) is 13.2 Å². The van der Waals surface area contributed by atoms with Gasteiger partial charge in [0.2, 0.25) is 0 Å². The van der Waals surface area contributed by atoms with Crippen LogP contribution in [0, 0.1) is 17.5 Å². The second kappa shape index (κ2) is 6.68. The molecule has 0 radical (unpaired) electrons. The number of ether oxygens (including phenoxy) is 1. The van der Waals surface area contributed by atoms with E-state index in [1.165, 1.54) is 18.5 Å². The molecule has 0 saturated heterocycles. The van der Waals surface area contributed by atoms with Gasteiger partial charge in [-0.2, -0.15) is 10.2 Å². The molecule has 0 N–H and O–H groups in total. The summed E-state index contributed by atoms with van der Waals surface area (Å²) in [5.74, 6) is -3.87. The number of aromatic nitrogens is 3. The highest BCUT2D eigenvalue weighted by Crippen LogP contribution is 2.31. The van der Waals surface area contributed by atoms with E-state index in [0.29, 0.717) is 5.56 Å². The lowest BCUT2D eigenvalue weighted by molar-refractivity contribution is 0.0594. The molecular formula is C17H10F3N3O2. The highest BCUT2D eigenvalue weighted by Gasteiger charge is 2.21. The molecule has 0 unspecified atom stereocenters. The molecule has 0 spiro atoms. The molecule has 8 heteroatoms. The van der Waals surface area contributed by atoms with Crippen LogP contribution in [0.5, 0.6) is 0 Å². The number of benzene rings is 1. The van der Waals surface area contributed by atoms with Gasteiger partial charge in [0.25, 0.3) is 0 Å². The summed E-state index contributed by atoms with van der Waals surface area (Å²) in [4.78, 5) is 15.2. The standard InChI is InChI=1S/C17H10F3N3O2/c1-25-17(24)14-3-2-11(18)16(23-14)15-12(19)6-10(7-13(15)20)9-4-5-21-22-8-9/h2-8H,1H3. The zero-order valence-electron chi connectivity index (χ0n) is 12.8. The largest absolute Gasteiger partial charge is 0.464 e. The molecule has 2 heterocycles. The predicted octanol–water partition coefficient (Wildman–Crippen LogP) is 3.41. The molecule has 0 aliphatic heterocycles. The van der Waals surface area contributed by atoms with E-state index in [4.69, 9.17) is 0 Å². The Balaban J connectivity index is 2.14. The zero-order chi connectivity index (χ0) is 18.0. The van der Waals surface area contributed by atoms with Crippen molar-refractivity contribution in [2.45, 2.75) is 0 Å². The van der Waals surface area contributed by atoms with E-state index >= 15 is 0 Å². The van der Waals surface area contributed by atoms with Crippen LogP contribution in [0.15, 0.2) is 42.7 Å². The molecule has 0 atom stereocenters. The lowest BCUT2D eigenvalue weighted by atomic mass is 10.0. The van der Waals surface area contributed by atoms with Crippen LogP contribution in [-0.2, 0) is 4.74 Å². The minimum absolute atomic E-state index is 0.207. The second-order valence-corrected chi connectivity index (χ2v) is 4.96. The average molecular weight is 345 g/mol. The Kier molecular flexibility index (Phi) is 4.42. The number of hydrogen-bond donors (Lipinski definition) is 0. The van der Waals surface area contributed by atoms with Crippen molar-refractivity contribution in [1.29, 1.82) is 0 Å². The first-order chi connectivity index (χ1) is 12.0. The monoisotopic (exact) mass is 345 g/mol. The fourth-order valence-corrected chi connectivity index (χ4v) is 2.26. The molecule has 0 amide bonds. The van der Waals surface area contributed by atoms with Gasteiger partial charge in [-0.05, 0) is 35.9 Å². The van der Waals surface area contributed by atoms with Gasteiger partial charge in [-0.3, -0.25) is 0 Å². The van der Waals surface area contributed by atoms with E-state index in [1.807, 2.05) is 0 Å². The van der Waals surface area contributed by atoms with Crippen molar-refractivity contribution in [2.75, 3.05) is 7.11 Å². The Morgan fingerprint density at radius 1 is 0.960 bits per heavy atom. The molecular weight excluding hydrogens is 335 g/mol. The van der Waals surface area contributed by atoms with Crippen LogP contribution in [0.2, 0.25) is 0 Å². The quantitative estimate of drug-likeness (QED) is 0.681. The average Bonchev–Trinajstić information content (AvgIpc) is 2.62. The Labute approximate surface area is 140 Å². The van der Waals surface area contributed by atoms with E-state index in [9.17, 15) is 18.0 Å². The molecule has 0 saturated carbocycles. The maximum absolute atomic E-state index is 14.5. The van der Waals surface area contributed by atoms with Gasteiger partial charge < -0.3 is 4.74 Å². The highest BCUT2D eigenvalue weighted by molar-refractivity contribution is 5.88. The summed E-state index contributed by atoms with van der Waals surface area (Å²) in [5.41, 5.74) is -0.902. The van der Waals surface area contributed by atoms with Crippen molar-refractivity contribution in [2.24, 2.45) is 0 Å². The smallest absolute Gasteiger partial charge is 0.356 e. The van der Waals surface area contributed by atoms with Gasteiger partial charge in [-0.15, -0.1) is 0 Å². The summed E-state index contributed by atoms with van der Waals surface area (Å²) in [5, 5.41) is 7.22. The van der Waals surface area contributed by atoms with E-state index in [2.05, 4.69) is 19.9 Å². The third kappa shape index (κ3) is 3.18. The summed E-state index contributed by atoms with van der Waals surface area (Å²) in [6.45, 7) is 0. The number of methoxy groups -OCH3 is 1. The lowest BCUT2D eigenvalue weighted by Gasteiger charge is -2.10. The molecule has 0 aliphatic carbocycles. The van der Waals surface area contributed by atoms with Crippen LogP contribution >= 0.6 is 0 Å². The van der Waals surface area contributed by atoms with Gasteiger partial charge in [-0.1, -0.05) is 0 Å². The highest BCUT2D eigenvalue weighted by atomic mass is 19.1. The Morgan fingerprint density at radius 3 is 2.28 bits per heavy atom. The van der Waals surface area contributed by atoms with Gasteiger partial charge in [0.1, 0.15) is 28.8 Å². The molecule has 0 fully saturated rings. The second-order valence-electron chi connectivity index (χ2n) is 4.96. The molecule has 5 nitrogen and oxygen atoms in total. The Bertz CT molecular complexity index is 926. The summed E-state index contributed by atoms with van der Waals surface area (Å²) >= 11 is 0. The first kappa shape index (κ1) is 16.6. The van der Waals surface area contributed by atoms with Crippen LogP contribution in [-0.4, -0.2) is 28.3 Å². The van der Waals surface area contributed by atoms with Crippen LogP contribution in [0.3, 0.4) is 0 Å². The summed E-state index contributed by atoms with van der Waals surface area (Å²) in [6.07, 6.45) is 2.71. The molecule has 3 rings (SSSR count). The van der Waals surface area contributed by atoms with E-state index in [1.54, 1.807) is 0 Å². The summed E-state index contributed by atoms with van der Waals surface area (Å²) in [7, 11) is 1.12. The maximum Gasteiger partial charge on any atom is 0.356 e. The number of halogens is 3. The zero-order valence-corrected chi connectivity index (χ0v) is 12.8. The summed E-state index contributed by atoms with van der Waals surface area (Å²) < 4.78 is 47.5. The number of esters is 1. The SMILES string of the molecule is COC(=O)c1ccc(F)c(-c2c(F)cc(-c3ccnnc3)cc2F)n1. The molecule has 126 valence electrons. The number of pyridine rings is 1. The van der Waals surface area contributed by atoms with E-state index < -0.39 is 34.7 Å². The Morgan fingerprint density at radius 2 is 1.68 bits per heavy atom. The minimum Gasteiger partial charge on any atom is -0.464 e. The number of carbonyl (C=O) groups excluding carboxylic acids is 1. The van der Waals surface area contributed by atoms with Crippen molar-refractivity contribution >= 4 is 5.97 Å². The van der Waals surface area contributed by atoms with Crippen LogP contribution in [0.25, 0.3) is 22.4 Å². The third-order valence-corrected chi connectivity index (χ3v) is 3.44. The van der Waals surface area contributed by atoms with E-state index in [-0.39, 0.29) is 11.3 Å². The predicted molar refractivity (Wildman–Crippen MR) is 81.9 cm³/mol. The van der Waals surface area contributed by atoms with E-state index in [0.717, 1.165) is 31.4 Å². The van der Waals surface area contributed by atoms with Crippen LogP contribution in [0.1, 0.15) is 10.5 Å². The first-order valence-corrected chi connectivity index (χ1v) is 7.02. The van der Waals surface area contributed by atoms with Gasteiger partial charge in [0.15, 0.2) is 0 Å². The third-order valence-electron chi connectivity index (χ3n) is 3.44. The molecule has 1 aromatic carbocycles. The summed E-state index contributed by atoms with van der Waals surface area (Å²) in [6, 6.07) is 5.55. The number of carbonyl (C=O) groups is 1. The maximum atomic E-state index is 14.5. The lowest BCUT2D eigenvalue weighted by Crippen LogP contribution is -2.07. The van der Waals surface area contributed by atoms with Gasteiger partial charge >= 0.3 is 5.97 Å². The number of nitrogens with zero attached hydrogens (tertiary/aromatic N) is 3. The minimum atomic E-state index is -1.03. The van der Waals surface area contributed by atoms with Gasteiger partial charge in [0, 0.05) is 5.56 Å². The first-order valence-electron chi connectivity index (χ1n) is 7.02. The molecule has 0 bridgehead atoms. The Hall–Kier alpha value is -3.29. The molecule has 0 aliphatic rings.